The third-order valence-electron chi connectivity index (χ3n) is 3.76. The fourth-order valence-corrected chi connectivity index (χ4v) is 3.61. The fraction of sp³-hybridized carbons (Fsp3) is 0.176. The molecule has 0 bridgehead atoms. The van der Waals surface area contributed by atoms with Gasteiger partial charge in [0.25, 0.3) is 0 Å². The summed E-state index contributed by atoms with van der Waals surface area (Å²) in [5.74, 6) is 0.733. The van der Waals surface area contributed by atoms with E-state index in [1.165, 1.54) is 24.7 Å². The number of sulfonamides is 1. The monoisotopic (exact) mass is 420 g/mol. The van der Waals surface area contributed by atoms with Crippen molar-refractivity contribution in [3.63, 3.8) is 0 Å². The topological polar surface area (TPSA) is 75.2 Å². The lowest BCUT2D eigenvalue weighted by molar-refractivity contribution is 0.520. The van der Waals surface area contributed by atoms with Crippen molar-refractivity contribution >= 4 is 42.7 Å². The van der Waals surface area contributed by atoms with Gasteiger partial charge in [0.05, 0.1) is 10.4 Å². The first-order valence-corrected chi connectivity index (χ1v) is 9.77. The maximum atomic E-state index is 12.1. The summed E-state index contributed by atoms with van der Waals surface area (Å²) in [4.78, 5) is 8.82. The Morgan fingerprint density at radius 2 is 1.80 bits per heavy atom. The summed E-state index contributed by atoms with van der Waals surface area (Å²) in [6.45, 7) is 0.529. The Labute approximate surface area is 155 Å². The van der Waals surface area contributed by atoms with Crippen LogP contribution in [-0.2, 0) is 16.6 Å². The summed E-state index contributed by atoms with van der Waals surface area (Å²) >= 11 is 3.46. The molecule has 0 unspecified atom stereocenters. The molecule has 0 aliphatic carbocycles. The van der Waals surface area contributed by atoms with Crippen molar-refractivity contribution in [3.8, 4) is 0 Å². The Morgan fingerprint density at radius 3 is 2.48 bits per heavy atom. The van der Waals surface area contributed by atoms with Crippen LogP contribution in [0.1, 0.15) is 5.56 Å². The molecule has 0 amide bonds. The zero-order chi connectivity index (χ0) is 18.0. The fourth-order valence-electron chi connectivity index (χ4n) is 2.35. The van der Waals surface area contributed by atoms with Gasteiger partial charge in [0.15, 0.2) is 0 Å². The molecule has 0 atom stereocenters. The molecule has 0 fully saturated rings. The summed E-state index contributed by atoms with van der Waals surface area (Å²) in [6, 6.07) is 12.6. The van der Waals surface area contributed by atoms with Crippen molar-refractivity contribution in [2.45, 2.75) is 11.4 Å². The number of fused-ring (bicyclic) bond motifs is 1. The second-order valence-corrected chi connectivity index (χ2v) is 8.74. The van der Waals surface area contributed by atoms with Crippen LogP contribution in [-0.4, -0.2) is 36.8 Å². The highest BCUT2D eigenvalue weighted by molar-refractivity contribution is 9.10. The lowest BCUT2D eigenvalue weighted by Crippen LogP contribution is -2.22. The number of aromatic nitrogens is 2. The number of nitrogens with one attached hydrogen (secondary N) is 1. The van der Waals surface area contributed by atoms with Crippen molar-refractivity contribution in [2.75, 3.05) is 19.4 Å². The maximum Gasteiger partial charge on any atom is 0.242 e. The average Bonchev–Trinajstić information content (AvgIpc) is 2.60. The van der Waals surface area contributed by atoms with Crippen LogP contribution >= 0.6 is 15.9 Å². The summed E-state index contributed by atoms with van der Waals surface area (Å²) in [7, 11) is -0.373. The highest BCUT2D eigenvalue weighted by Crippen LogP contribution is 2.24. The molecule has 1 heterocycles. The van der Waals surface area contributed by atoms with Crippen LogP contribution < -0.4 is 5.32 Å². The second kappa shape index (κ2) is 7.07. The van der Waals surface area contributed by atoms with E-state index in [4.69, 9.17) is 0 Å². The van der Waals surface area contributed by atoms with Gasteiger partial charge in [-0.2, -0.15) is 0 Å². The van der Waals surface area contributed by atoms with Gasteiger partial charge in [-0.15, -0.1) is 0 Å². The molecule has 6 nitrogen and oxygen atoms in total. The van der Waals surface area contributed by atoms with Crippen molar-refractivity contribution in [1.29, 1.82) is 0 Å². The van der Waals surface area contributed by atoms with E-state index in [-0.39, 0.29) is 4.90 Å². The van der Waals surface area contributed by atoms with Gasteiger partial charge >= 0.3 is 0 Å². The molecule has 0 spiro atoms. The number of hydrogen-bond acceptors (Lipinski definition) is 5. The lowest BCUT2D eigenvalue weighted by atomic mass is 10.2. The molecule has 0 saturated heterocycles. The van der Waals surface area contributed by atoms with Crippen molar-refractivity contribution in [1.82, 2.24) is 14.3 Å². The molecular formula is C17H17BrN4O2S. The minimum absolute atomic E-state index is 0.276. The highest BCUT2D eigenvalue weighted by atomic mass is 79.9. The number of halogens is 1. The van der Waals surface area contributed by atoms with Crippen LogP contribution in [0, 0.1) is 0 Å². The number of rotatable bonds is 5. The van der Waals surface area contributed by atoms with E-state index in [0.717, 1.165) is 26.8 Å². The molecule has 0 radical (unpaired) electrons. The molecule has 0 aliphatic heterocycles. The minimum atomic E-state index is -3.41. The van der Waals surface area contributed by atoms with Gasteiger partial charge in [-0.05, 0) is 35.9 Å². The van der Waals surface area contributed by atoms with Crippen LogP contribution in [0.2, 0.25) is 0 Å². The first kappa shape index (κ1) is 17.8. The molecule has 130 valence electrons. The zero-order valence-corrected chi connectivity index (χ0v) is 16.2. The first-order chi connectivity index (χ1) is 11.9. The molecule has 8 heteroatoms. The molecule has 1 N–H and O–H groups in total. The Hall–Kier alpha value is -2.03. The summed E-state index contributed by atoms with van der Waals surface area (Å²) in [5.41, 5.74) is 1.81. The molecule has 3 rings (SSSR count). The van der Waals surface area contributed by atoms with Gasteiger partial charge in [0.1, 0.15) is 12.1 Å². The van der Waals surface area contributed by atoms with Gasteiger partial charge in [-0.1, -0.05) is 28.1 Å². The molecule has 25 heavy (non-hydrogen) atoms. The molecule has 3 aromatic rings. The average molecular weight is 421 g/mol. The summed E-state index contributed by atoms with van der Waals surface area (Å²) in [6.07, 6.45) is 1.52. The predicted molar refractivity (Wildman–Crippen MR) is 102 cm³/mol. The largest absolute Gasteiger partial charge is 0.365 e. The molecule has 2 aromatic carbocycles. The maximum absolute atomic E-state index is 12.1. The van der Waals surface area contributed by atoms with Crippen molar-refractivity contribution in [2.24, 2.45) is 0 Å². The summed E-state index contributed by atoms with van der Waals surface area (Å²) < 4.78 is 26.3. The molecule has 1 aromatic heterocycles. The van der Waals surface area contributed by atoms with Gasteiger partial charge in [0, 0.05) is 30.5 Å². The molecule has 0 saturated carbocycles. The van der Waals surface area contributed by atoms with Gasteiger partial charge in [0.2, 0.25) is 10.0 Å². The normalized spacial score (nSPS) is 11.8. The highest BCUT2D eigenvalue weighted by Gasteiger charge is 2.16. The standard InChI is InChI=1S/C17H17BrN4O2S/c1-22(2)25(23,24)14-6-3-12(4-7-14)10-19-17-15-9-13(18)5-8-16(15)20-11-21-17/h3-9,11H,10H2,1-2H3,(H,19,20,21). The van der Waals surface area contributed by atoms with Crippen molar-refractivity contribution in [3.05, 3.63) is 58.8 Å². The van der Waals surface area contributed by atoms with Gasteiger partial charge < -0.3 is 5.32 Å². The van der Waals surface area contributed by atoms with Crippen molar-refractivity contribution < 1.29 is 8.42 Å². The Bertz CT molecular complexity index is 1000. The number of nitrogens with zero attached hydrogens (tertiary/aromatic N) is 3. The first-order valence-electron chi connectivity index (χ1n) is 7.53. The zero-order valence-electron chi connectivity index (χ0n) is 13.8. The number of benzene rings is 2. The summed E-state index contributed by atoms with van der Waals surface area (Å²) in [5, 5.41) is 4.20. The van der Waals surface area contributed by atoms with E-state index in [0.29, 0.717) is 6.54 Å². The van der Waals surface area contributed by atoms with Gasteiger partial charge in [-0.25, -0.2) is 22.7 Å². The third kappa shape index (κ3) is 3.81. The quantitative estimate of drug-likeness (QED) is 0.685. The smallest absolute Gasteiger partial charge is 0.242 e. The van der Waals surface area contributed by atoms with E-state index in [1.807, 2.05) is 18.2 Å². The van der Waals surface area contributed by atoms with Crippen LogP contribution in [0.3, 0.4) is 0 Å². The van der Waals surface area contributed by atoms with E-state index >= 15 is 0 Å². The number of hydrogen-bond donors (Lipinski definition) is 1. The van der Waals surface area contributed by atoms with E-state index in [9.17, 15) is 8.42 Å². The predicted octanol–water partition coefficient (Wildman–Crippen LogP) is 3.25. The SMILES string of the molecule is CN(C)S(=O)(=O)c1ccc(CNc2ncnc3ccc(Br)cc23)cc1. The van der Waals surface area contributed by atoms with E-state index in [1.54, 1.807) is 24.3 Å². The molecule has 0 aliphatic rings. The second-order valence-electron chi connectivity index (χ2n) is 5.67. The Kier molecular flexibility index (Phi) is 5.03. The number of anilines is 1. The van der Waals surface area contributed by atoms with Crippen LogP contribution in [0.25, 0.3) is 10.9 Å². The van der Waals surface area contributed by atoms with Crippen LogP contribution in [0.15, 0.2) is 58.2 Å². The van der Waals surface area contributed by atoms with Crippen LogP contribution in [0.4, 0.5) is 5.82 Å². The lowest BCUT2D eigenvalue weighted by Gasteiger charge is -2.12. The van der Waals surface area contributed by atoms with Crippen LogP contribution in [0.5, 0.6) is 0 Å². The van der Waals surface area contributed by atoms with Gasteiger partial charge in [-0.3, -0.25) is 0 Å². The van der Waals surface area contributed by atoms with E-state index in [2.05, 4.69) is 31.2 Å². The molecular weight excluding hydrogens is 404 g/mol. The Balaban J connectivity index is 1.80. The minimum Gasteiger partial charge on any atom is -0.365 e. The third-order valence-corrected chi connectivity index (χ3v) is 6.08. The van der Waals surface area contributed by atoms with E-state index < -0.39 is 10.0 Å². The Morgan fingerprint density at radius 1 is 1.08 bits per heavy atom.